The van der Waals surface area contributed by atoms with Crippen molar-refractivity contribution in [3.63, 3.8) is 0 Å². The number of para-hydroxylation sites is 1. The lowest BCUT2D eigenvalue weighted by molar-refractivity contribution is 0.669. The molecule has 76 heavy (non-hydrogen) atoms. The van der Waals surface area contributed by atoms with Crippen molar-refractivity contribution in [3.05, 3.63) is 307 Å². The van der Waals surface area contributed by atoms with Crippen LogP contribution in [0.4, 0.5) is 17.1 Å². The summed E-state index contributed by atoms with van der Waals surface area (Å²) in [4.78, 5) is 2.38. The first kappa shape index (κ1) is 44.0. The maximum absolute atomic E-state index is 6.30. The van der Waals surface area contributed by atoms with Crippen LogP contribution in [0.15, 0.2) is 290 Å². The van der Waals surface area contributed by atoms with Gasteiger partial charge in [-0.25, -0.2) is 0 Å². The number of fused-ring (bicyclic) bond motifs is 9. The first-order valence-electron chi connectivity index (χ1n) is 26.1. The molecular weight excluding hydrogens is 939 g/mol. The maximum atomic E-state index is 6.30. The molecule has 356 valence electrons. The Morgan fingerprint density at radius 1 is 0.303 bits per heavy atom. The van der Waals surface area contributed by atoms with Gasteiger partial charge in [-0.05, 0) is 139 Å². The van der Waals surface area contributed by atoms with Crippen molar-refractivity contribution in [2.45, 2.75) is 5.41 Å². The van der Waals surface area contributed by atoms with Gasteiger partial charge in [-0.3, -0.25) is 0 Å². The van der Waals surface area contributed by atoms with Crippen molar-refractivity contribution < 1.29 is 4.42 Å². The summed E-state index contributed by atoms with van der Waals surface area (Å²) in [5.74, 6) is 0. The summed E-state index contributed by atoms with van der Waals surface area (Å²) < 4.78 is 8.93. The highest BCUT2D eigenvalue weighted by atomic mass is 32.1. The molecule has 0 fully saturated rings. The number of furan rings is 1. The van der Waals surface area contributed by atoms with Crippen LogP contribution in [0, 0.1) is 0 Å². The predicted octanol–water partition coefficient (Wildman–Crippen LogP) is 20.5. The molecule has 2 aromatic heterocycles. The van der Waals surface area contributed by atoms with E-state index in [1.165, 1.54) is 75.8 Å². The summed E-state index contributed by atoms with van der Waals surface area (Å²) in [6, 6.07) is 104. The Balaban J connectivity index is 0.800. The van der Waals surface area contributed by atoms with Crippen LogP contribution in [0.25, 0.3) is 97.7 Å². The van der Waals surface area contributed by atoms with Crippen LogP contribution in [-0.2, 0) is 5.41 Å². The zero-order chi connectivity index (χ0) is 50.2. The standard InChI is InChI=1S/C73H47NOS/c1-3-17-54(18-4-1)73(55-19-5-2-6-20-55)66-28-10-7-22-61(66)65-47-53(40-45-67(65)73)49-34-32-48(33-35-49)52-16-13-21-58(46-52)74(56-41-36-50(37-42-56)59-25-15-30-69-71(59)64-24-8-11-29-68(64)75-69)57-43-38-51(39-44-57)60-26-14-27-63-62-23-9-12-31-70(62)76-72(60)63/h1-47H. The summed E-state index contributed by atoms with van der Waals surface area (Å²) in [6.45, 7) is 0. The SMILES string of the molecule is c1ccc(C2(c3ccccc3)c3ccccc3-c3cc(-c4ccc(-c5cccc(N(c6ccc(-c7cccc8c7sc7ccccc78)cc6)c6ccc(-c7cccc8oc9ccccc9c78)cc6)c5)cc4)ccc32)cc1. The Morgan fingerprint density at radius 3 is 1.55 bits per heavy atom. The van der Waals surface area contributed by atoms with Crippen molar-refractivity contribution in [2.24, 2.45) is 0 Å². The van der Waals surface area contributed by atoms with E-state index in [0.29, 0.717) is 0 Å². The number of hydrogen-bond donors (Lipinski definition) is 0. The van der Waals surface area contributed by atoms with Gasteiger partial charge in [-0.2, -0.15) is 0 Å². The molecule has 0 amide bonds. The van der Waals surface area contributed by atoms with Crippen molar-refractivity contribution in [1.29, 1.82) is 0 Å². The lowest BCUT2D eigenvalue weighted by Gasteiger charge is -2.33. The maximum Gasteiger partial charge on any atom is 0.136 e. The second kappa shape index (κ2) is 17.8. The molecule has 0 N–H and O–H groups in total. The lowest BCUT2D eigenvalue weighted by Crippen LogP contribution is -2.28. The highest BCUT2D eigenvalue weighted by Gasteiger charge is 2.46. The van der Waals surface area contributed by atoms with Gasteiger partial charge in [0.25, 0.3) is 0 Å². The van der Waals surface area contributed by atoms with Crippen LogP contribution in [0.1, 0.15) is 22.3 Å². The van der Waals surface area contributed by atoms with Crippen LogP contribution < -0.4 is 4.90 Å². The first-order valence-corrected chi connectivity index (χ1v) is 26.9. The van der Waals surface area contributed by atoms with Gasteiger partial charge in [0.2, 0.25) is 0 Å². The second-order valence-electron chi connectivity index (χ2n) is 19.9. The first-order chi connectivity index (χ1) is 37.7. The van der Waals surface area contributed by atoms with E-state index in [1.807, 2.05) is 23.5 Å². The Kier molecular flexibility index (Phi) is 10.3. The second-order valence-corrected chi connectivity index (χ2v) is 21.0. The number of rotatable bonds is 9. The molecule has 1 aliphatic carbocycles. The average molecular weight is 986 g/mol. The highest BCUT2D eigenvalue weighted by molar-refractivity contribution is 7.26. The fraction of sp³-hybridized carbons (Fsp3) is 0.0137. The van der Waals surface area contributed by atoms with E-state index < -0.39 is 5.41 Å². The molecule has 12 aromatic carbocycles. The summed E-state index contributed by atoms with van der Waals surface area (Å²) in [6.07, 6.45) is 0. The molecular formula is C73H47NOS. The molecule has 2 heterocycles. The molecule has 2 nitrogen and oxygen atoms in total. The van der Waals surface area contributed by atoms with E-state index in [1.54, 1.807) is 0 Å². The Bertz CT molecular complexity index is 4450. The molecule has 0 saturated carbocycles. The van der Waals surface area contributed by atoms with Gasteiger partial charge in [0.05, 0.1) is 5.41 Å². The summed E-state index contributed by atoms with van der Waals surface area (Å²) in [5.41, 5.74) is 21.8. The lowest BCUT2D eigenvalue weighted by atomic mass is 9.67. The molecule has 15 rings (SSSR count). The Labute approximate surface area is 445 Å². The van der Waals surface area contributed by atoms with Gasteiger partial charge in [0.1, 0.15) is 11.2 Å². The third-order valence-corrected chi connectivity index (χ3v) is 17.0. The molecule has 0 atom stereocenters. The molecule has 0 radical (unpaired) electrons. The number of thiophene rings is 1. The summed E-state index contributed by atoms with van der Waals surface area (Å²) >= 11 is 1.87. The minimum Gasteiger partial charge on any atom is -0.456 e. The van der Waals surface area contributed by atoms with Gasteiger partial charge in [0, 0.05) is 48.0 Å². The molecule has 0 unspecified atom stereocenters. The van der Waals surface area contributed by atoms with Crippen LogP contribution in [-0.4, -0.2) is 0 Å². The van der Waals surface area contributed by atoms with Gasteiger partial charge in [0.15, 0.2) is 0 Å². The molecule has 3 heteroatoms. The predicted molar refractivity (Wildman–Crippen MR) is 320 cm³/mol. The molecule has 0 spiro atoms. The van der Waals surface area contributed by atoms with Gasteiger partial charge < -0.3 is 9.32 Å². The Morgan fingerprint density at radius 2 is 0.816 bits per heavy atom. The van der Waals surface area contributed by atoms with E-state index in [-0.39, 0.29) is 0 Å². The monoisotopic (exact) mass is 985 g/mol. The molecule has 0 aliphatic heterocycles. The fourth-order valence-corrected chi connectivity index (χ4v) is 13.6. The van der Waals surface area contributed by atoms with Crippen molar-refractivity contribution in [1.82, 2.24) is 0 Å². The van der Waals surface area contributed by atoms with E-state index >= 15 is 0 Å². The molecule has 14 aromatic rings. The minimum atomic E-state index is -0.418. The van der Waals surface area contributed by atoms with Crippen molar-refractivity contribution in [3.8, 4) is 55.6 Å². The molecule has 0 saturated heterocycles. The van der Waals surface area contributed by atoms with E-state index in [4.69, 9.17) is 4.42 Å². The third-order valence-electron chi connectivity index (χ3n) is 15.8. The number of benzene rings is 12. The summed E-state index contributed by atoms with van der Waals surface area (Å²) in [7, 11) is 0. The largest absolute Gasteiger partial charge is 0.456 e. The summed E-state index contributed by atoms with van der Waals surface area (Å²) in [5, 5.41) is 4.88. The number of nitrogens with zero attached hydrogens (tertiary/aromatic N) is 1. The number of anilines is 3. The van der Waals surface area contributed by atoms with Gasteiger partial charge in [-0.1, -0.05) is 224 Å². The van der Waals surface area contributed by atoms with Crippen molar-refractivity contribution in [2.75, 3.05) is 4.90 Å². The average Bonchev–Trinajstić information content (AvgIpc) is 4.32. The van der Waals surface area contributed by atoms with Crippen LogP contribution in [0.2, 0.25) is 0 Å². The van der Waals surface area contributed by atoms with E-state index in [2.05, 4.69) is 278 Å². The smallest absolute Gasteiger partial charge is 0.136 e. The van der Waals surface area contributed by atoms with E-state index in [9.17, 15) is 0 Å². The van der Waals surface area contributed by atoms with Crippen LogP contribution in [0.5, 0.6) is 0 Å². The fourth-order valence-electron chi connectivity index (χ4n) is 12.3. The van der Waals surface area contributed by atoms with Gasteiger partial charge in [-0.15, -0.1) is 11.3 Å². The zero-order valence-electron chi connectivity index (χ0n) is 41.4. The highest BCUT2D eigenvalue weighted by Crippen LogP contribution is 2.57. The zero-order valence-corrected chi connectivity index (χ0v) is 42.2. The minimum absolute atomic E-state index is 0.418. The molecule has 1 aliphatic rings. The number of hydrogen-bond acceptors (Lipinski definition) is 3. The molecule has 0 bridgehead atoms. The quantitative estimate of drug-likeness (QED) is 0.143. The Hall–Kier alpha value is -9.54. The topological polar surface area (TPSA) is 16.4 Å². The van der Waals surface area contributed by atoms with Gasteiger partial charge >= 0.3 is 0 Å². The third kappa shape index (κ3) is 7.01. The van der Waals surface area contributed by atoms with Crippen LogP contribution >= 0.6 is 11.3 Å². The van der Waals surface area contributed by atoms with Crippen molar-refractivity contribution >= 4 is 70.5 Å². The van der Waals surface area contributed by atoms with E-state index in [0.717, 1.165) is 61.3 Å². The van der Waals surface area contributed by atoms with Crippen LogP contribution in [0.3, 0.4) is 0 Å². The normalized spacial score (nSPS) is 12.6.